The SMILES string of the molecule is Fc1cc(F)cc(Nc2ncc3cc(-c4nccs4)c(OC4CCNCC4)cc3n2)c1. The van der Waals surface area contributed by atoms with Gasteiger partial charge in [-0.3, -0.25) is 0 Å². The normalized spacial score (nSPS) is 14.6. The van der Waals surface area contributed by atoms with Crippen molar-refractivity contribution < 1.29 is 13.5 Å². The number of fused-ring (bicyclic) bond motifs is 1. The number of thiazole rings is 1. The lowest BCUT2D eigenvalue weighted by atomic mass is 10.1. The lowest BCUT2D eigenvalue weighted by Crippen LogP contribution is -2.34. The number of ether oxygens (including phenoxy) is 1. The summed E-state index contributed by atoms with van der Waals surface area (Å²) in [5, 5.41) is 9.81. The lowest BCUT2D eigenvalue weighted by Gasteiger charge is -2.25. The van der Waals surface area contributed by atoms with Crippen LogP contribution < -0.4 is 15.4 Å². The molecule has 0 aliphatic carbocycles. The number of aromatic nitrogens is 3. The number of rotatable bonds is 5. The maximum absolute atomic E-state index is 13.5. The molecule has 2 N–H and O–H groups in total. The molecule has 4 aromatic rings. The molecular weight excluding hydrogens is 420 g/mol. The first kappa shape index (κ1) is 19.8. The topological polar surface area (TPSA) is 72.0 Å². The maximum atomic E-state index is 13.5. The second-order valence-electron chi connectivity index (χ2n) is 7.29. The van der Waals surface area contributed by atoms with Gasteiger partial charge in [0.15, 0.2) is 0 Å². The summed E-state index contributed by atoms with van der Waals surface area (Å²) in [6.07, 6.45) is 5.41. The van der Waals surface area contributed by atoms with Crippen molar-refractivity contribution in [3.05, 3.63) is 59.7 Å². The van der Waals surface area contributed by atoms with Crippen molar-refractivity contribution in [1.29, 1.82) is 0 Å². The smallest absolute Gasteiger partial charge is 0.227 e. The van der Waals surface area contributed by atoms with Crippen LogP contribution in [0.15, 0.2) is 48.1 Å². The van der Waals surface area contributed by atoms with E-state index in [1.807, 2.05) is 17.5 Å². The van der Waals surface area contributed by atoms with E-state index in [2.05, 4.69) is 25.6 Å². The van der Waals surface area contributed by atoms with Crippen molar-refractivity contribution in [1.82, 2.24) is 20.3 Å². The van der Waals surface area contributed by atoms with Crippen LogP contribution in [0, 0.1) is 11.6 Å². The van der Waals surface area contributed by atoms with Gasteiger partial charge in [-0.25, -0.2) is 23.7 Å². The van der Waals surface area contributed by atoms with Crippen LogP contribution >= 0.6 is 11.3 Å². The number of anilines is 2. The third kappa shape index (κ3) is 4.47. The summed E-state index contributed by atoms with van der Waals surface area (Å²) in [6, 6.07) is 7.04. The van der Waals surface area contributed by atoms with E-state index in [1.54, 1.807) is 23.7 Å². The molecule has 0 saturated carbocycles. The van der Waals surface area contributed by atoms with Crippen LogP contribution in [-0.4, -0.2) is 34.1 Å². The molecular formula is C22H19F2N5OS. The van der Waals surface area contributed by atoms with E-state index in [9.17, 15) is 8.78 Å². The lowest BCUT2D eigenvalue weighted by molar-refractivity contribution is 0.163. The van der Waals surface area contributed by atoms with Gasteiger partial charge in [-0.2, -0.15) is 0 Å². The van der Waals surface area contributed by atoms with E-state index in [0.717, 1.165) is 53.7 Å². The number of hydrogen-bond donors (Lipinski definition) is 2. The molecule has 5 rings (SSSR count). The van der Waals surface area contributed by atoms with E-state index in [0.29, 0.717) is 5.52 Å². The minimum absolute atomic E-state index is 0.118. The number of hydrogen-bond acceptors (Lipinski definition) is 7. The van der Waals surface area contributed by atoms with Crippen LogP contribution in [0.1, 0.15) is 12.8 Å². The predicted octanol–water partition coefficient (Wildman–Crippen LogP) is 4.91. The average molecular weight is 439 g/mol. The number of halogens is 2. The molecule has 0 spiro atoms. The van der Waals surface area contributed by atoms with Gasteiger partial charge < -0.3 is 15.4 Å². The summed E-state index contributed by atoms with van der Waals surface area (Å²) < 4.78 is 33.3. The van der Waals surface area contributed by atoms with E-state index in [1.165, 1.54) is 12.1 Å². The fourth-order valence-electron chi connectivity index (χ4n) is 3.59. The largest absolute Gasteiger partial charge is 0.490 e. The number of benzene rings is 2. The summed E-state index contributed by atoms with van der Waals surface area (Å²) in [7, 11) is 0. The highest BCUT2D eigenvalue weighted by molar-refractivity contribution is 7.13. The van der Waals surface area contributed by atoms with Gasteiger partial charge in [0, 0.05) is 41.0 Å². The summed E-state index contributed by atoms with van der Waals surface area (Å²) >= 11 is 1.54. The van der Waals surface area contributed by atoms with Gasteiger partial charge in [0.2, 0.25) is 5.95 Å². The predicted molar refractivity (Wildman–Crippen MR) is 117 cm³/mol. The Morgan fingerprint density at radius 2 is 1.84 bits per heavy atom. The molecule has 1 aliphatic rings. The van der Waals surface area contributed by atoms with E-state index in [-0.39, 0.29) is 17.7 Å². The van der Waals surface area contributed by atoms with Crippen molar-refractivity contribution >= 4 is 33.9 Å². The second-order valence-corrected chi connectivity index (χ2v) is 8.18. The van der Waals surface area contributed by atoms with Gasteiger partial charge in [-0.05, 0) is 44.1 Å². The fraction of sp³-hybridized carbons (Fsp3) is 0.227. The quantitative estimate of drug-likeness (QED) is 0.461. The maximum Gasteiger partial charge on any atom is 0.227 e. The zero-order valence-electron chi connectivity index (χ0n) is 16.4. The van der Waals surface area contributed by atoms with Gasteiger partial charge in [0.05, 0.1) is 11.1 Å². The van der Waals surface area contributed by atoms with E-state index in [4.69, 9.17) is 4.74 Å². The summed E-state index contributed by atoms with van der Waals surface area (Å²) in [6.45, 7) is 1.84. The monoisotopic (exact) mass is 439 g/mol. The van der Waals surface area contributed by atoms with Crippen molar-refractivity contribution in [2.45, 2.75) is 18.9 Å². The Bertz CT molecular complexity index is 1190. The molecule has 0 amide bonds. The van der Waals surface area contributed by atoms with Crippen molar-refractivity contribution in [2.24, 2.45) is 0 Å². The van der Waals surface area contributed by atoms with Crippen LogP contribution in [0.5, 0.6) is 5.75 Å². The molecule has 3 heterocycles. The van der Waals surface area contributed by atoms with Crippen LogP contribution in [0.2, 0.25) is 0 Å². The van der Waals surface area contributed by atoms with Crippen LogP contribution in [-0.2, 0) is 0 Å². The standard InChI is InChI=1S/C22H19F2N5OS/c23-14-8-15(24)10-16(9-14)28-22-27-12-13-7-18(21-26-5-6-31-21)20(11-19(13)29-22)30-17-1-3-25-4-2-17/h5-12,17,25H,1-4H2,(H,27,28,29). The third-order valence-corrected chi connectivity index (χ3v) is 5.85. The summed E-state index contributed by atoms with van der Waals surface area (Å²) in [5.74, 6) is -0.383. The molecule has 1 fully saturated rings. The fourth-order valence-corrected chi connectivity index (χ4v) is 4.25. The van der Waals surface area contributed by atoms with Gasteiger partial charge >= 0.3 is 0 Å². The molecule has 0 atom stereocenters. The Hall–Kier alpha value is -3.17. The Labute approximate surface area is 181 Å². The van der Waals surface area contributed by atoms with Gasteiger partial charge in [0.1, 0.15) is 28.5 Å². The molecule has 0 unspecified atom stereocenters. The number of nitrogens with zero attached hydrogens (tertiary/aromatic N) is 3. The van der Waals surface area contributed by atoms with Crippen molar-refractivity contribution in [3.63, 3.8) is 0 Å². The molecule has 6 nitrogen and oxygen atoms in total. The molecule has 0 bridgehead atoms. The minimum atomic E-state index is -0.672. The molecule has 1 aliphatic heterocycles. The number of nitrogens with one attached hydrogen (secondary N) is 2. The first-order chi connectivity index (χ1) is 15.1. The molecule has 31 heavy (non-hydrogen) atoms. The first-order valence-corrected chi connectivity index (χ1v) is 10.8. The third-order valence-electron chi connectivity index (χ3n) is 5.04. The van der Waals surface area contributed by atoms with Crippen molar-refractivity contribution in [2.75, 3.05) is 18.4 Å². The minimum Gasteiger partial charge on any atom is -0.490 e. The van der Waals surface area contributed by atoms with Gasteiger partial charge in [-0.1, -0.05) is 0 Å². The average Bonchev–Trinajstić information content (AvgIpc) is 3.28. The molecule has 0 radical (unpaired) electrons. The van der Waals surface area contributed by atoms with E-state index >= 15 is 0 Å². The zero-order valence-corrected chi connectivity index (χ0v) is 17.3. The highest BCUT2D eigenvalue weighted by Gasteiger charge is 2.19. The van der Waals surface area contributed by atoms with E-state index < -0.39 is 11.6 Å². The Kier molecular flexibility index (Phi) is 5.44. The molecule has 158 valence electrons. The Balaban J connectivity index is 1.51. The van der Waals surface area contributed by atoms with Crippen molar-refractivity contribution in [3.8, 4) is 16.3 Å². The Morgan fingerprint density at radius 1 is 1.03 bits per heavy atom. The second kappa shape index (κ2) is 8.52. The molecule has 2 aromatic carbocycles. The molecule has 1 saturated heterocycles. The van der Waals surface area contributed by atoms with Gasteiger partial charge in [0.25, 0.3) is 0 Å². The molecule has 9 heteroatoms. The highest BCUT2D eigenvalue weighted by Crippen LogP contribution is 2.36. The van der Waals surface area contributed by atoms with Gasteiger partial charge in [-0.15, -0.1) is 11.3 Å². The first-order valence-electron chi connectivity index (χ1n) is 9.95. The highest BCUT2D eigenvalue weighted by atomic mass is 32.1. The number of piperidine rings is 1. The van der Waals surface area contributed by atoms with Crippen LogP contribution in [0.3, 0.4) is 0 Å². The summed E-state index contributed by atoms with van der Waals surface area (Å²) in [5.41, 5.74) is 1.80. The summed E-state index contributed by atoms with van der Waals surface area (Å²) in [4.78, 5) is 13.3. The van der Waals surface area contributed by atoms with Crippen LogP contribution in [0.25, 0.3) is 21.5 Å². The van der Waals surface area contributed by atoms with Crippen LogP contribution in [0.4, 0.5) is 20.4 Å². The molecule has 2 aromatic heterocycles. The zero-order chi connectivity index (χ0) is 21.2. The Morgan fingerprint density at radius 3 is 2.58 bits per heavy atom.